The van der Waals surface area contributed by atoms with Crippen molar-refractivity contribution < 1.29 is 5.11 Å². The van der Waals surface area contributed by atoms with E-state index in [1.165, 1.54) is 57.8 Å². The first-order valence-electron chi connectivity index (χ1n) is 7.49. The smallest absolute Gasteiger partial charge is 0.0571 e. The summed E-state index contributed by atoms with van der Waals surface area (Å²) in [6, 6.07) is 0. The Morgan fingerprint density at radius 3 is 2.25 bits per heavy atom. The molecule has 94 valence electrons. The van der Waals surface area contributed by atoms with Gasteiger partial charge in [0.2, 0.25) is 0 Å². The molecular weight excluding hydrogens is 196 g/mol. The Balaban J connectivity index is 1.86. The van der Waals surface area contributed by atoms with E-state index in [2.05, 4.69) is 6.92 Å². The van der Waals surface area contributed by atoms with Crippen LogP contribution in [0.25, 0.3) is 0 Å². The molecule has 2 aliphatic rings. The molecule has 2 aliphatic carbocycles. The van der Waals surface area contributed by atoms with E-state index in [-0.39, 0.29) is 6.10 Å². The van der Waals surface area contributed by atoms with Crippen molar-refractivity contribution in [2.45, 2.75) is 77.2 Å². The van der Waals surface area contributed by atoms with Gasteiger partial charge in [-0.15, -0.1) is 0 Å². The van der Waals surface area contributed by atoms with Crippen LogP contribution < -0.4 is 0 Å². The van der Waals surface area contributed by atoms with Gasteiger partial charge in [0, 0.05) is 0 Å². The van der Waals surface area contributed by atoms with Gasteiger partial charge < -0.3 is 5.11 Å². The maximum Gasteiger partial charge on any atom is 0.0571 e. The second-order valence-corrected chi connectivity index (χ2v) is 6.06. The monoisotopic (exact) mass is 224 g/mol. The molecule has 1 N–H and O–H groups in total. The van der Waals surface area contributed by atoms with Gasteiger partial charge in [-0.25, -0.2) is 0 Å². The lowest BCUT2D eigenvalue weighted by atomic mass is 9.72. The van der Waals surface area contributed by atoms with E-state index < -0.39 is 0 Å². The van der Waals surface area contributed by atoms with Crippen LogP contribution in [0.3, 0.4) is 0 Å². The first-order chi connectivity index (χ1) is 7.81. The summed E-state index contributed by atoms with van der Waals surface area (Å²) in [5.41, 5.74) is 0. The van der Waals surface area contributed by atoms with Gasteiger partial charge in [-0.3, -0.25) is 0 Å². The predicted octanol–water partition coefficient (Wildman–Crippen LogP) is 4.14. The SMILES string of the molecule is CCC1CCC(C2CCCCCC2O)CC1. The van der Waals surface area contributed by atoms with Gasteiger partial charge in [-0.2, -0.15) is 0 Å². The molecule has 0 amide bonds. The highest BCUT2D eigenvalue weighted by molar-refractivity contribution is 4.83. The fourth-order valence-electron chi connectivity index (χ4n) is 3.89. The third kappa shape index (κ3) is 3.00. The Kier molecular flexibility index (Phi) is 4.69. The summed E-state index contributed by atoms with van der Waals surface area (Å²) in [7, 11) is 0. The maximum absolute atomic E-state index is 10.2. The van der Waals surface area contributed by atoms with Crippen LogP contribution in [-0.2, 0) is 0 Å². The van der Waals surface area contributed by atoms with Crippen molar-refractivity contribution >= 4 is 0 Å². The first-order valence-corrected chi connectivity index (χ1v) is 7.49. The van der Waals surface area contributed by atoms with Crippen LogP contribution in [0.5, 0.6) is 0 Å². The zero-order valence-corrected chi connectivity index (χ0v) is 10.8. The van der Waals surface area contributed by atoms with Crippen LogP contribution in [0.2, 0.25) is 0 Å². The second-order valence-electron chi connectivity index (χ2n) is 6.06. The fourth-order valence-corrected chi connectivity index (χ4v) is 3.89. The van der Waals surface area contributed by atoms with Crippen LogP contribution in [0.15, 0.2) is 0 Å². The third-order valence-corrected chi connectivity index (χ3v) is 5.11. The summed E-state index contributed by atoms with van der Waals surface area (Å²) in [4.78, 5) is 0. The minimum atomic E-state index is 0.0191. The van der Waals surface area contributed by atoms with Crippen LogP contribution in [-0.4, -0.2) is 11.2 Å². The van der Waals surface area contributed by atoms with Gasteiger partial charge in [0.1, 0.15) is 0 Å². The molecule has 2 rings (SSSR count). The molecule has 0 radical (unpaired) electrons. The Morgan fingerprint density at radius 2 is 1.56 bits per heavy atom. The Labute approximate surface area is 101 Å². The molecule has 0 bridgehead atoms. The summed E-state index contributed by atoms with van der Waals surface area (Å²) >= 11 is 0. The molecule has 2 fully saturated rings. The molecule has 0 aliphatic heterocycles. The van der Waals surface area contributed by atoms with E-state index in [9.17, 15) is 5.11 Å². The molecule has 1 nitrogen and oxygen atoms in total. The molecular formula is C15H28O. The standard InChI is InChI=1S/C15H28O/c1-2-12-8-10-13(11-9-12)14-6-4-3-5-7-15(14)16/h12-16H,2-11H2,1H3. The largest absolute Gasteiger partial charge is 0.393 e. The Hall–Kier alpha value is -0.0400. The summed E-state index contributed by atoms with van der Waals surface area (Å²) in [5.74, 6) is 2.47. The molecule has 2 unspecified atom stereocenters. The summed E-state index contributed by atoms with van der Waals surface area (Å²) in [6.45, 7) is 2.32. The highest BCUT2D eigenvalue weighted by atomic mass is 16.3. The van der Waals surface area contributed by atoms with Crippen LogP contribution in [0.1, 0.15) is 71.1 Å². The minimum Gasteiger partial charge on any atom is -0.393 e. The average Bonchev–Trinajstić information content (AvgIpc) is 2.54. The summed E-state index contributed by atoms with van der Waals surface area (Å²) < 4.78 is 0. The molecule has 0 saturated heterocycles. The predicted molar refractivity (Wildman–Crippen MR) is 68.3 cm³/mol. The number of aliphatic hydroxyl groups is 1. The number of aliphatic hydroxyl groups excluding tert-OH is 1. The molecule has 0 heterocycles. The molecule has 2 saturated carbocycles. The topological polar surface area (TPSA) is 20.2 Å². The Bertz CT molecular complexity index is 194. The van der Waals surface area contributed by atoms with Crippen molar-refractivity contribution in [3.63, 3.8) is 0 Å². The lowest BCUT2D eigenvalue weighted by Gasteiger charge is -2.35. The van der Waals surface area contributed by atoms with Crippen molar-refractivity contribution in [2.24, 2.45) is 17.8 Å². The van der Waals surface area contributed by atoms with Crippen molar-refractivity contribution in [3.05, 3.63) is 0 Å². The highest BCUT2D eigenvalue weighted by Crippen LogP contribution is 2.40. The normalized spacial score (nSPS) is 41.6. The average molecular weight is 224 g/mol. The minimum absolute atomic E-state index is 0.0191. The molecule has 0 aromatic heterocycles. The third-order valence-electron chi connectivity index (χ3n) is 5.11. The van der Waals surface area contributed by atoms with Crippen molar-refractivity contribution in [1.82, 2.24) is 0 Å². The van der Waals surface area contributed by atoms with E-state index in [0.717, 1.165) is 18.3 Å². The Morgan fingerprint density at radius 1 is 0.875 bits per heavy atom. The zero-order valence-electron chi connectivity index (χ0n) is 10.8. The lowest BCUT2D eigenvalue weighted by Crippen LogP contribution is -2.30. The highest BCUT2D eigenvalue weighted by Gasteiger charge is 2.31. The maximum atomic E-state index is 10.2. The van der Waals surface area contributed by atoms with E-state index in [0.29, 0.717) is 5.92 Å². The summed E-state index contributed by atoms with van der Waals surface area (Å²) in [5, 5.41) is 10.2. The van der Waals surface area contributed by atoms with Crippen molar-refractivity contribution in [3.8, 4) is 0 Å². The van der Waals surface area contributed by atoms with E-state index in [1.54, 1.807) is 0 Å². The van der Waals surface area contributed by atoms with Gasteiger partial charge >= 0.3 is 0 Å². The van der Waals surface area contributed by atoms with E-state index in [4.69, 9.17) is 0 Å². The van der Waals surface area contributed by atoms with Gasteiger partial charge in [-0.1, -0.05) is 45.4 Å². The van der Waals surface area contributed by atoms with Gasteiger partial charge in [0.15, 0.2) is 0 Å². The second kappa shape index (κ2) is 6.05. The quantitative estimate of drug-likeness (QED) is 0.699. The van der Waals surface area contributed by atoms with Crippen LogP contribution in [0, 0.1) is 17.8 Å². The van der Waals surface area contributed by atoms with Crippen molar-refractivity contribution in [1.29, 1.82) is 0 Å². The van der Waals surface area contributed by atoms with Crippen LogP contribution >= 0.6 is 0 Å². The molecule has 0 aromatic carbocycles. The van der Waals surface area contributed by atoms with Gasteiger partial charge in [0.25, 0.3) is 0 Å². The van der Waals surface area contributed by atoms with E-state index in [1.807, 2.05) is 0 Å². The molecule has 0 spiro atoms. The zero-order chi connectivity index (χ0) is 11.4. The van der Waals surface area contributed by atoms with Crippen molar-refractivity contribution in [2.75, 3.05) is 0 Å². The number of hydrogen-bond donors (Lipinski definition) is 1. The number of rotatable bonds is 2. The molecule has 0 aromatic rings. The number of hydrogen-bond acceptors (Lipinski definition) is 1. The fraction of sp³-hybridized carbons (Fsp3) is 1.00. The lowest BCUT2D eigenvalue weighted by molar-refractivity contribution is 0.0465. The molecule has 1 heteroatoms. The van der Waals surface area contributed by atoms with Gasteiger partial charge in [0.05, 0.1) is 6.10 Å². The molecule has 16 heavy (non-hydrogen) atoms. The summed E-state index contributed by atoms with van der Waals surface area (Å²) in [6.07, 6.45) is 13.3. The molecule has 2 atom stereocenters. The van der Waals surface area contributed by atoms with Gasteiger partial charge in [-0.05, 0) is 43.4 Å². The van der Waals surface area contributed by atoms with E-state index >= 15 is 0 Å². The van der Waals surface area contributed by atoms with Crippen LogP contribution in [0.4, 0.5) is 0 Å². The first kappa shape index (κ1) is 12.4.